The van der Waals surface area contributed by atoms with Crippen molar-refractivity contribution in [3.63, 3.8) is 0 Å². The highest BCUT2D eigenvalue weighted by atomic mass is 16.5. The summed E-state index contributed by atoms with van der Waals surface area (Å²) in [5.41, 5.74) is 1.94. The number of carbonyl (C=O) groups is 2. The number of esters is 1. The van der Waals surface area contributed by atoms with Gasteiger partial charge in [-0.15, -0.1) is 0 Å². The molecule has 1 saturated carbocycles. The third-order valence-electron chi connectivity index (χ3n) is 7.11. The molecule has 4 atom stereocenters. The van der Waals surface area contributed by atoms with Crippen LogP contribution in [0.3, 0.4) is 0 Å². The van der Waals surface area contributed by atoms with E-state index < -0.39 is 0 Å². The summed E-state index contributed by atoms with van der Waals surface area (Å²) in [6.07, 6.45) is 11.2. The van der Waals surface area contributed by atoms with Gasteiger partial charge in [0.15, 0.2) is 0 Å². The van der Waals surface area contributed by atoms with Crippen LogP contribution in [0.15, 0.2) is 23.3 Å². The number of hydrogen-bond acceptors (Lipinski definition) is 3. The van der Waals surface area contributed by atoms with Crippen molar-refractivity contribution >= 4 is 12.3 Å². The molecular weight excluding hydrogens is 288 g/mol. The second-order valence-corrected chi connectivity index (χ2v) is 7.91. The second kappa shape index (κ2) is 5.92. The van der Waals surface area contributed by atoms with Gasteiger partial charge in [-0.2, -0.15) is 0 Å². The molecule has 0 radical (unpaired) electrons. The van der Waals surface area contributed by atoms with Gasteiger partial charge in [-0.25, -0.2) is 4.79 Å². The molecule has 1 spiro atoms. The summed E-state index contributed by atoms with van der Waals surface area (Å²) in [6, 6.07) is 0. The standard InChI is InChI=1S/C20H28O3/c1-4-15(12-21)9-10-19(3)14(2)8-11-20-13-23-18(22)16(20)6-5-7-17(19)20/h4,6,12,14,17H,5,7-11,13H2,1-3H3. The van der Waals surface area contributed by atoms with Crippen LogP contribution in [-0.2, 0) is 14.3 Å². The Morgan fingerprint density at radius 2 is 2.22 bits per heavy atom. The highest BCUT2D eigenvalue weighted by molar-refractivity contribution is 5.92. The lowest BCUT2D eigenvalue weighted by molar-refractivity contribution is -0.135. The van der Waals surface area contributed by atoms with Gasteiger partial charge in [0.1, 0.15) is 12.9 Å². The van der Waals surface area contributed by atoms with Gasteiger partial charge in [0, 0.05) is 11.0 Å². The number of ether oxygens (including phenoxy) is 1. The number of cyclic esters (lactones) is 1. The van der Waals surface area contributed by atoms with E-state index in [1.807, 2.05) is 13.0 Å². The summed E-state index contributed by atoms with van der Waals surface area (Å²) in [6.45, 7) is 7.23. The lowest BCUT2D eigenvalue weighted by Crippen LogP contribution is -2.51. The van der Waals surface area contributed by atoms with Crippen LogP contribution in [0, 0.1) is 22.7 Å². The minimum atomic E-state index is -0.0892. The van der Waals surface area contributed by atoms with Gasteiger partial charge in [-0.05, 0) is 68.3 Å². The minimum absolute atomic E-state index is 0.0616. The van der Waals surface area contributed by atoms with Crippen molar-refractivity contribution in [2.75, 3.05) is 6.61 Å². The van der Waals surface area contributed by atoms with E-state index in [1.54, 1.807) is 0 Å². The Hall–Kier alpha value is -1.38. The molecule has 1 heterocycles. The Morgan fingerprint density at radius 1 is 1.43 bits per heavy atom. The molecular formula is C20H28O3. The minimum Gasteiger partial charge on any atom is -0.461 e. The summed E-state index contributed by atoms with van der Waals surface area (Å²) in [5, 5.41) is 0. The summed E-state index contributed by atoms with van der Waals surface area (Å²) in [5.74, 6) is 1.00. The summed E-state index contributed by atoms with van der Waals surface area (Å²) in [4.78, 5) is 23.3. The number of rotatable bonds is 4. The van der Waals surface area contributed by atoms with E-state index in [0.29, 0.717) is 18.4 Å². The zero-order chi connectivity index (χ0) is 16.7. The van der Waals surface area contributed by atoms with Crippen molar-refractivity contribution < 1.29 is 14.3 Å². The number of allylic oxidation sites excluding steroid dienone is 3. The predicted octanol–water partition coefficient (Wildman–Crippen LogP) is 4.23. The molecule has 23 heavy (non-hydrogen) atoms. The van der Waals surface area contributed by atoms with Crippen LogP contribution in [0.25, 0.3) is 0 Å². The van der Waals surface area contributed by atoms with Crippen molar-refractivity contribution in [3.05, 3.63) is 23.3 Å². The largest absolute Gasteiger partial charge is 0.461 e. The van der Waals surface area contributed by atoms with Gasteiger partial charge < -0.3 is 4.74 Å². The molecule has 2 aliphatic carbocycles. The van der Waals surface area contributed by atoms with E-state index in [9.17, 15) is 9.59 Å². The Balaban J connectivity index is 1.92. The molecule has 2 fully saturated rings. The molecule has 0 aromatic rings. The maximum atomic E-state index is 12.2. The topological polar surface area (TPSA) is 43.4 Å². The quantitative estimate of drug-likeness (QED) is 0.443. The molecule has 3 nitrogen and oxygen atoms in total. The first-order chi connectivity index (χ1) is 11.0. The fourth-order valence-corrected chi connectivity index (χ4v) is 5.39. The van der Waals surface area contributed by atoms with Crippen molar-refractivity contribution in [1.29, 1.82) is 0 Å². The normalized spacial score (nSPS) is 40.0. The lowest BCUT2D eigenvalue weighted by atomic mass is 9.47. The van der Waals surface area contributed by atoms with Crippen LogP contribution in [0.2, 0.25) is 0 Å². The maximum Gasteiger partial charge on any atom is 0.334 e. The van der Waals surface area contributed by atoms with Gasteiger partial charge >= 0.3 is 5.97 Å². The SMILES string of the molecule is CC=C(C=O)CCC1(C)C(C)CCC23COC(=O)C2=CCCC31. The average Bonchev–Trinajstić information content (AvgIpc) is 2.89. The fraction of sp³-hybridized carbons (Fsp3) is 0.700. The van der Waals surface area contributed by atoms with Crippen molar-refractivity contribution in [3.8, 4) is 0 Å². The van der Waals surface area contributed by atoms with E-state index in [2.05, 4.69) is 19.9 Å². The third kappa shape index (κ3) is 2.40. The molecule has 3 aliphatic rings. The summed E-state index contributed by atoms with van der Waals surface area (Å²) >= 11 is 0. The molecule has 126 valence electrons. The van der Waals surface area contributed by atoms with E-state index in [0.717, 1.165) is 56.0 Å². The van der Waals surface area contributed by atoms with E-state index in [-0.39, 0.29) is 16.8 Å². The molecule has 0 N–H and O–H groups in total. The number of hydrogen-bond donors (Lipinski definition) is 0. The highest BCUT2D eigenvalue weighted by Crippen LogP contribution is 2.63. The van der Waals surface area contributed by atoms with Crippen LogP contribution in [-0.4, -0.2) is 18.9 Å². The van der Waals surface area contributed by atoms with Crippen LogP contribution < -0.4 is 0 Å². The van der Waals surface area contributed by atoms with Crippen molar-refractivity contribution in [2.24, 2.45) is 22.7 Å². The van der Waals surface area contributed by atoms with Gasteiger partial charge in [-0.1, -0.05) is 26.0 Å². The molecule has 0 aromatic carbocycles. The molecule has 0 bridgehead atoms. The monoisotopic (exact) mass is 316 g/mol. The number of aldehydes is 1. The van der Waals surface area contributed by atoms with Crippen LogP contribution in [0.5, 0.6) is 0 Å². The molecule has 4 unspecified atom stereocenters. The molecule has 1 aliphatic heterocycles. The molecule has 1 saturated heterocycles. The maximum absolute atomic E-state index is 12.2. The first kappa shape index (κ1) is 16.5. The van der Waals surface area contributed by atoms with Crippen molar-refractivity contribution in [1.82, 2.24) is 0 Å². The number of carbonyl (C=O) groups excluding carboxylic acids is 2. The molecule has 3 heteroatoms. The third-order valence-corrected chi connectivity index (χ3v) is 7.11. The van der Waals surface area contributed by atoms with Gasteiger partial charge in [0.2, 0.25) is 0 Å². The van der Waals surface area contributed by atoms with Gasteiger partial charge in [0.25, 0.3) is 0 Å². The highest BCUT2D eigenvalue weighted by Gasteiger charge is 2.60. The molecule has 0 aromatic heterocycles. The van der Waals surface area contributed by atoms with E-state index in [4.69, 9.17) is 4.74 Å². The predicted molar refractivity (Wildman–Crippen MR) is 89.8 cm³/mol. The lowest BCUT2D eigenvalue weighted by Gasteiger charge is -2.56. The van der Waals surface area contributed by atoms with E-state index in [1.165, 1.54) is 0 Å². The Morgan fingerprint density at radius 3 is 2.91 bits per heavy atom. The summed E-state index contributed by atoms with van der Waals surface area (Å²) in [7, 11) is 0. The van der Waals surface area contributed by atoms with Crippen molar-refractivity contribution in [2.45, 2.75) is 59.3 Å². The molecule has 3 rings (SSSR count). The van der Waals surface area contributed by atoms with Gasteiger partial charge in [0.05, 0.1) is 0 Å². The summed E-state index contributed by atoms with van der Waals surface area (Å²) < 4.78 is 5.48. The average molecular weight is 316 g/mol. The van der Waals surface area contributed by atoms with Crippen LogP contribution in [0.4, 0.5) is 0 Å². The zero-order valence-electron chi connectivity index (χ0n) is 14.6. The van der Waals surface area contributed by atoms with Crippen LogP contribution >= 0.6 is 0 Å². The first-order valence-corrected chi connectivity index (χ1v) is 8.96. The zero-order valence-corrected chi connectivity index (χ0v) is 14.6. The fourth-order valence-electron chi connectivity index (χ4n) is 5.39. The molecule has 0 amide bonds. The smallest absolute Gasteiger partial charge is 0.334 e. The first-order valence-electron chi connectivity index (χ1n) is 8.96. The van der Waals surface area contributed by atoms with Gasteiger partial charge in [-0.3, -0.25) is 4.79 Å². The second-order valence-electron chi connectivity index (χ2n) is 7.91. The Kier molecular flexibility index (Phi) is 4.24. The Labute approximate surface area is 139 Å². The van der Waals surface area contributed by atoms with E-state index >= 15 is 0 Å². The Bertz CT molecular complexity index is 573. The van der Waals surface area contributed by atoms with Crippen LogP contribution in [0.1, 0.15) is 59.3 Å².